The van der Waals surface area contributed by atoms with Crippen molar-refractivity contribution in [3.05, 3.63) is 34.6 Å². The Morgan fingerprint density at radius 2 is 1.95 bits per heavy atom. The molecule has 4 aromatic heterocycles. The molecule has 10 nitrogen and oxygen atoms in total. The first-order valence-corrected chi connectivity index (χ1v) is 14.1. The first kappa shape index (κ1) is 23.1. The first-order valence-electron chi connectivity index (χ1n) is 12.9. The third-order valence-corrected chi connectivity index (χ3v) is 9.44. The summed E-state index contributed by atoms with van der Waals surface area (Å²) in [5.74, 6) is 4.03. The van der Waals surface area contributed by atoms with Crippen LogP contribution in [0, 0.1) is 18.8 Å². The van der Waals surface area contributed by atoms with E-state index in [4.69, 9.17) is 22.3 Å². The number of hydrogen-bond donors (Lipinski definition) is 2. The minimum Gasteiger partial charge on any atom is -0.368 e. The number of nitrogens with two attached hydrogens (primary N) is 1. The molecule has 2 bridgehead atoms. The van der Waals surface area contributed by atoms with E-state index in [1.54, 1.807) is 0 Å². The van der Waals surface area contributed by atoms with Crippen LogP contribution < -0.4 is 16.0 Å². The van der Waals surface area contributed by atoms with Crippen molar-refractivity contribution in [2.75, 3.05) is 42.1 Å². The Morgan fingerprint density at radius 3 is 2.68 bits per heavy atom. The van der Waals surface area contributed by atoms with Gasteiger partial charge in [0.1, 0.15) is 5.82 Å². The molecule has 3 fully saturated rings. The number of nitrogens with zero attached hydrogens (tertiary/aromatic N) is 8. The van der Waals surface area contributed by atoms with Gasteiger partial charge in [0.05, 0.1) is 22.1 Å². The van der Waals surface area contributed by atoms with Gasteiger partial charge in [0.25, 0.3) is 0 Å². The van der Waals surface area contributed by atoms with E-state index in [-0.39, 0.29) is 11.2 Å². The van der Waals surface area contributed by atoms with Crippen LogP contribution in [0.1, 0.15) is 31.2 Å². The molecule has 0 spiro atoms. The Labute approximate surface area is 223 Å². The van der Waals surface area contributed by atoms with Crippen LogP contribution in [-0.4, -0.2) is 66.8 Å². The number of aromatic nitrogens is 6. The highest BCUT2D eigenvalue weighted by molar-refractivity contribution is 7.17. The molecule has 3 aliphatic rings. The summed E-state index contributed by atoms with van der Waals surface area (Å²) in [4.78, 5) is 22.9. The number of fused-ring (bicyclic) bond motifs is 3. The molecule has 0 radical (unpaired) electrons. The Balaban J connectivity index is 1.03. The lowest BCUT2D eigenvalue weighted by molar-refractivity contribution is 0.134. The van der Waals surface area contributed by atoms with Crippen LogP contribution >= 0.6 is 22.9 Å². The second-order valence-corrected chi connectivity index (χ2v) is 11.6. The van der Waals surface area contributed by atoms with Gasteiger partial charge in [-0.2, -0.15) is 14.6 Å². The molecule has 12 heteroatoms. The molecule has 5 heterocycles. The quantitative estimate of drug-likeness (QED) is 0.361. The van der Waals surface area contributed by atoms with Gasteiger partial charge in [0.15, 0.2) is 5.82 Å². The van der Waals surface area contributed by atoms with Crippen molar-refractivity contribution in [3.63, 3.8) is 0 Å². The van der Waals surface area contributed by atoms with E-state index in [1.807, 2.05) is 24.6 Å². The number of aryl methyl sites for hydroxylation is 1. The van der Waals surface area contributed by atoms with E-state index in [0.29, 0.717) is 11.8 Å². The second-order valence-electron chi connectivity index (χ2n) is 10.4. The van der Waals surface area contributed by atoms with Crippen LogP contribution in [0.3, 0.4) is 0 Å². The minimum atomic E-state index is 0.143. The summed E-state index contributed by atoms with van der Waals surface area (Å²) in [6.07, 6.45) is 7.59. The fourth-order valence-electron chi connectivity index (χ4n) is 6.38. The van der Waals surface area contributed by atoms with Gasteiger partial charge in [-0.15, -0.1) is 16.4 Å². The number of halogens is 1. The molecule has 37 heavy (non-hydrogen) atoms. The van der Waals surface area contributed by atoms with Crippen molar-refractivity contribution < 1.29 is 0 Å². The summed E-state index contributed by atoms with van der Waals surface area (Å²) < 4.78 is 2.35. The van der Waals surface area contributed by atoms with Crippen molar-refractivity contribution in [2.45, 2.75) is 38.6 Å². The van der Waals surface area contributed by atoms with Crippen molar-refractivity contribution in [1.29, 1.82) is 0 Å². The zero-order valence-electron chi connectivity index (χ0n) is 20.6. The zero-order valence-corrected chi connectivity index (χ0v) is 22.2. The highest BCUT2D eigenvalue weighted by Gasteiger charge is 2.42. The molecule has 3 unspecified atom stereocenters. The summed E-state index contributed by atoms with van der Waals surface area (Å²) in [5.41, 5.74) is 8.81. The van der Waals surface area contributed by atoms with Gasteiger partial charge < -0.3 is 16.0 Å². The lowest BCUT2D eigenvalue weighted by Gasteiger charge is -2.41. The highest BCUT2D eigenvalue weighted by Crippen LogP contribution is 2.46. The maximum atomic E-state index is 6.20. The molecule has 2 saturated carbocycles. The Bertz CT molecular complexity index is 1440. The molecular weight excluding hydrogens is 508 g/mol. The third-order valence-electron chi connectivity index (χ3n) is 8.19. The Morgan fingerprint density at radius 1 is 1.08 bits per heavy atom. The number of nitrogen functional groups attached to an aromatic ring is 1. The number of rotatable bonds is 5. The van der Waals surface area contributed by atoms with E-state index in [0.717, 1.165) is 71.3 Å². The molecule has 2 aliphatic carbocycles. The highest BCUT2D eigenvalue weighted by atomic mass is 35.5. The van der Waals surface area contributed by atoms with Crippen molar-refractivity contribution in [2.24, 2.45) is 11.8 Å². The van der Waals surface area contributed by atoms with Gasteiger partial charge in [-0.25, -0.2) is 9.97 Å². The standard InChI is InChI=1S/C25H29ClN10S/c1-14-13-37-21-20(14)30-23(26)31-22(21)36-24(27)32-25(33-36)29-17-4-5-19(28-12-17)35-8-6-34(7-9-35)18-11-15-2-3-16(18)10-15/h4-5,12-13,15-16,18H,2-3,6-11H2,1H3,(H3,27,29,32,33). The summed E-state index contributed by atoms with van der Waals surface area (Å²) in [6, 6.07) is 4.88. The van der Waals surface area contributed by atoms with Crippen LogP contribution in [-0.2, 0) is 0 Å². The number of piperazine rings is 1. The molecule has 1 aliphatic heterocycles. The van der Waals surface area contributed by atoms with Crippen LogP contribution in [0.5, 0.6) is 0 Å². The monoisotopic (exact) mass is 536 g/mol. The van der Waals surface area contributed by atoms with Crippen LogP contribution in [0.25, 0.3) is 16.0 Å². The number of anilines is 4. The average molecular weight is 537 g/mol. The largest absolute Gasteiger partial charge is 0.368 e. The van der Waals surface area contributed by atoms with Crippen molar-refractivity contribution >= 4 is 56.6 Å². The normalized spacial score (nSPS) is 23.8. The number of pyridine rings is 1. The third kappa shape index (κ3) is 4.18. The number of thiophene rings is 1. The molecular formula is C25H29ClN10S. The smallest absolute Gasteiger partial charge is 0.248 e. The Hall–Kier alpha value is -3.02. The van der Waals surface area contributed by atoms with Crippen molar-refractivity contribution in [3.8, 4) is 5.82 Å². The fraction of sp³-hybridized carbons (Fsp3) is 0.480. The SMILES string of the molecule is Cc1csc2c(-n3nc(Nc4ccc(N5CCN(C6CC7CCC6C7)CC5)nc4)nc3N)nc(Cl)nc12. The molecule has 3 N–H and O–H groups in total. The van der Waals surface area contributed by atoms with Gasteiger partial charge in [0, 0.05) is 32.2 Å². The summed E-state index contributed by atoms with van der Waals surface area (Å²) in [7, 11) is 0. The van der Waals surface area contributed by atoms with Crippen LogP contribution in [0.4, 0.5) is 23.4 Å². The summed E-state index contributed by atoms with van der Waals surface area (Å²) >= 11 is 7.70. The molecule has 4 aromatic rings. The van der Waals surface area contributed by atoms with Gasteiger partial charge in [-0.1, -0.05) is 6.42 Å². The van der Waals surface area contributed by atoms with E-state index >= 15 is 0 Å². The molecule has 192 valence electrons. The second kappa shape index (κ2) is 9.07. The van der Waals surface area contributed by atoms with E-state index in [9.17, 15) is 0 Å². The molecule has 0 aromatic carbocycles. The molecule has 1 saturated heterocycles. The van der Waals surface area contributed by atoms with E-state index in [2.05, 4.69) is 41.2 Å². The maximum absolute atomic E-state index is 6.20. The summed E-state index contributed by atoms with van der Waals surface area (Å²) in [5, 5.41) is 9.89. The zero-order chi connectivity index (χ0) is 25.1. The van der Waals surface area contributed by atoms with Crippen LogP contribution in [0.15, 0.2) is 23.7 Å². The predicted octanol–water partition coefficient (Wildman–Crippen LogP) is 4.27. The van der Waals surface area contributed by atoms with Gasteiger partial charge in [-0.3, -0.25) is 4.90 Å². The van der Waals surface area contributed by atoms with Gasteiger partial charge in [0.2, 0.25) is 17.2 Å². The van der Waals surface area contributed by atoms with E-state index in [1.165, 1.54) is 41.7 Å². The molecule has 7 rings (SSSR count). The predicted molar refractivity (Wildman–Crippen MR) is 147 cm³/mol. The topological polar surface area (TPSA) is 114 Å². The fourth-order valence-corrected chi connectivity index (χ4v) is 7.51. The number of hydrogen-bond acceptors (Lipinski definition) is 10. The minimum absolute atomic E-state index is 0.143. The number of nitrogens with one attached hydrogen (secondary N) is 1. The lowest BCUT2D eigenvalue weighted by atomic mass is 9.93. The van der Waals surface area contributed by atoms with Gasteiger partial charge in [-0.05, 0) is 72.7 Å². The molecule has 0 amide bonds. The Kier molecular flexibility index (Phi) is 5.67. The van der Waals surface area contributed by atoms with Gasteiger partial charge >= 0.3 is 0 Å². The maximum Gasteiger partial charge on any atom is 0.248 e. The first-order chi connectivity index (χ1) is 18.0. The van der Waals surface area contributed by atoms with Crippen LogP contribution in [0.2, 0.25) is 5.28 Å². The lowest BCUT2D eigenvalue weighted by Crippen LogP contribution is -2.52. The van der Waals surface area contributed by atoms with E-state index < -0.39 is 0 Å². The summed E-state index contributed by atoms with van der Waals surface area (Å²) in [6.45, 7) is 6.28. The average Bonchev–Trinajstić information content (AvgIpc) is 3.70. The van der Waals surface area contributed by atoms with Crippen molar-refractivity contribution in [1.82, 2.24) is 34.6 Å². The molecule has 3 atom stereocenters.